The van der Waals surface area contributed by atoms with Crippen molar-refractivity contribution in [1.82, 2.24) is 9.47 Å². The highest BCUT2D eigenvalue weighted by molar-refractivity contribution is 5.87. The van der Waals surface area contributed by atoms with Crippen LogP contribution in [0.15, 0.2) is 72.9 Å². The minimum absolute atomic E-state index is 0.0615. The SMILES string of the molecule is O=C(O)Cc1ccc(OC2CCN(CC(O)(c3cn(Cc4ccccc4)c4cc([N+](=O)[O-])ccc34)C(F)(F)F)CC2)c(O)c1. The predicted molar refractivity (Wildman–Crippen MR) is 154 cm³/mol. The summed E-state index contributed by atoms with van der Waals surface area (Å²) >= 11 is 0. The predicted octanol–water partition coefficient (Wildman–Crippen LogP) is 5.22. The molecular formula is C31H30F3N3O7. The van der Waals surface area contributed by atoms with Crippen LogP contribution in [-0.4, -0.2) is 67.6 Å². The molecule has 0 spiro atoms. The molecule has 13 heteroatoms. The molecule has 2 heterocycles. The molecule has 0 radical (unpaired) electrons. The second-order valence-corrected chi connectivity index (χ2v) is 10.9. The van der Waals surface area contributed by atoms with Crippen molar-refractivity contribution in [2.24, 2.45) is 0 Å². The number of piperidine rings is 1. The minimum Gasteiger partial charge on any atom is -0.504 e. The Bertz CT molecular complexity index is 1670. The van der Waals surface area contributed by atoms with Gasteiger partial charge in [-0.3, -0.25) is 19.8 Å². The lowest BCUT2D eigenvalue weighted by atomic mass is 9.91. The number of carboxylic acids is 1. The Labute approximate surface area is 249 Å². The zero-order valence-electron chi connectivity index (χ0n) is 23.4. The molecule has 0 saturated carbocycles. The molecule has 4 aromatic rings. The van der Waals surface area contributed by atoms with Crippen molar-refractivity contribution >= 4 is 22.6 Å². The molecule has 3 aromatic carbocycles. The third kappa shape index (κ3) is 6.48. The Hall–Kier alpha value is -4.62. The summed E-state index contributed by atoms with van der Waals surface area (Å²) in [4.78, 5) is 23.3. The average molecular weight is 614 g/mol. The van der Waals surface area contributed by atoms with Crippen LogP contribution in [0.3, 0.4) is 0 Å². The van der Waals surface area contributed by atoms with Crippen molar-refractivity contribution in [3.8, 4) is 11.5 Å². The molecule has 3 N–H and O–H groups in total. The number of β-amino-alcohol motifs (C(OH)–C–C–N with tert-alkyl or cyclic N) is 1. The summed E-state index contributed by atoms with van der Waals surface area (Å²) in [5, 5.41) is 42.2. The summed E-state index contributed by atoms with van der Waals surface area (Å²) in [6.07, 6.45) is -3.91. The van der Waals surface area contributed by atoms with Crippen LogP contribution in [0.5, 0.6) is 11.5 Å². The highest BCUT2D eigenvalue weighted by Crippen LogP contribution is 2.44. The number of nitrogens with zero attached hydrogens (tertiary/aromatic N) is 3. The van der Waals surface area contributed by atoms with E-state index >= 15 is 0 Å². The molecule has 1 fully saturated rings. The van der Waals surface area contributed by atoms with Gasteiger partial charge in [-0.1, -0.05) is 36.4 Å². The molecule has 0 amide bonds. The molecule has 0 bridgehead atoms. The number of nitro benzene ring substituents is 1. The maximum absolute atomic E-state index is 14.8. The Kier molecular flexibility index (Phi) is 8.53. The van der Waals surface area contributed by atoms with Gasteiger partial charge in [0, 0.05) is 55.5 Å². The average Bonchev–Trinajstić information content (AvgIpc) is 3.33. The van der Waals surface area contributed by atoms with Gasteiger partial charge in [0.2, 0.25) is 5.60 Å². The Balaban J connectivity index is 1.38. The fourth-order valence-electron chi connectivity index (χ4n) is 5.60. The Morgan fingerprint density at radius 1 is 1.02 bits per heavy atom. The molecule has 1 aliphatic heterocycles. The number of phenolic OH excluding ortho intramolecular Hbond substituents is 1. The van der Waals surface area contributed by atoms with Crippen LogP contribution < -0.4 is 4.74 Å². The number of aromatic nitrogens is 1. The van der Waals surface area contributed by atoms with Crippen LogP contribution in [0, 0.1) is 10.1 Å². The molecular weight excluding hydrogens is 583 g/mol. The molecule has 1 aromatic heterocycles. The first-order chi connectivity index (χ1) is 20.8. The number of hydrogen-bond donors (Lipinski definition) is 3. The van der Waals surface area contributed by atoms with Crippen LogP contribution in [0.1, 0.15) is 29.5 Å². The standard InChI is InChI=1S/C31H30F3N3O7/c32-31(33,34)30(41,19-35-12-10-23(11-13-35)44-28-9-6-21(14-27(28)38)15-29(39)40)25-18-36(17-20-4-2-1-3-5-20)26-16-22(37(42)43)7-8-24(25)26/h1-9,14,16,18,23,38,41H,10-13,15,17,19H2,(H,39,40). The van der Waals surface area contributed by atoms with Gasteiger partial charge in [-0.15, -0.1) is 0 Å². The first-order valence-corrected chi connectivity index (χ1v) is 13.9. The molecule has 44 heavy (non-hydrogen) atoms. The summed E-state index contributed by atoms with van der Waals surface area (Å²) in [6, 6.07) is 16.8. The van der Waals surface area contributed by atoms with Crippen LogP contribution in [0.2, 0.25) is 0 Å². The van der Waals surface area contributed by atoms with E-state index in [4.69, 9.17) is 9.84 Å². The van der Waals surface area contributed by atoms with Crippen LogP contribution >= 0.6 is 0 Å². The second-order valence-electron chi connectivity index (χ2n) is 10.9. The Morgan fingerprint density at radius 3 is 2.34 bits per heavy atom. The number of non-ortho nitro benzene ring substituents is 1. The topological polar surface area (TPSA) is 138 Å². The van der Waals surface area contributed by atoms with Gasteiger partial charge in [-0.25, -0.2) is 0 Å². The van der Waals surface area contributed by atoms with Crippen LogP contribution in [-0.2, 0) is 23.4 Å². The number of benzene rings is 3. The van der Waals surface area contributed by atoms with Crippen LogP contribution in [0.4, 0.5) is 18.9 Å². The van der Waals surface area contributed by atoms with Crippen molar-refractivity contribution < 1.29 is 42.9 Å². The minimum atomic E-state index is -5.07. The maximum Gasteiger partial charge on any atom is 0.422 e. The number of fused-ring (bicyclic) bond motifs is 1. The third-order valence-corrected chi connectivity index (χ3v) is 7.85. The van der Waals surface area contributed by atoms with Gasteiger partial charge < -0.3 is 24.6 Å². The van der Waals surface area contributed by atoms with Crippen molar-refractivity contribution in [2.45, 2.75) is 43.7 Å². The number of aromatic hydroxyl groups is 1. The van der Waals surface area contributed by atoms with E-state index in [9.17, 15) is 38.3 Å². The van der Waals surface area contributed by atoms with E-state index < -0.39 is 40.9 Å². The number of rotatable bonds is 10. The highest BCUT2D eigenvalue weighted by atomic mass is 19.4. The summed E-state index contributed by atoms with van der Waals surface area (Å²) < 4.78 is 51.6. The highest BCUT2D eigenvalue weighted by Gasteiger charge is 2.57. The van der Waals surface area contributed by atoms with Crippen molar-refractivity contribution in [1.29, 1.82) is 0 Å². The van der Waals surface area contributed by atoms with Crippen molar-refractivity contribution in [3.05, 3.63) is 99.7 Å². The largest absolute Gasteiger partial charge is 0.504 e. The first kappa shape index (κ1) is 30.8. The van der Waals surface area contributed by atoms with E-state index in [1.165, 1.54) is 46.0 Å². The Morgan fingerprint density at radius 2 is 1.73 bits per heavy atom. The fraction of sp³-hybridized carbons (Fsp3) is 0.323. The summed E-state index contributed by atoms with van der Waals surface area (Å²) in [5.41, 5.74) is -2.60. The zero-order chi connectivity index (χ0) is 31.6. The number of halogens is 3. The van der Waals surface area contributed by atoms with Crippen LogP contribution in [0.25, 0.3) is 10.9 Å². The van der Waals surface area contributed by atoms with Gasteiger partial charge in [-0.2, -0.15) is 13.2 Å². The lowest BCUT2D eigenvalue weighted by Crippen LogP contribution is -2.53. The number of hydrogen-bond acceptors (Lipinski definition) is 7. The number of aliphatic hydroxyl groups is 1. The van der Waals surface area contributed by atoms with Gasteiger partial charge >= 0.3 is 12.1 Å². The maximum atomic E-state index is 14.8. The number of nitro groups is 1. The van der Waals surface area contributed by atoms with E-state index in [0.29, 0.717) is 18.4 Å². The number of carbonyl (C=O) groups is 1. The number of carboxylic acid groups (broad SMARTS) is 1. The number of likely N-dealkylation sites (tertiary alicyclic amines) is 1. The van der Waals surface area contributed by atoms with Gasteiger partial charge in [0.1, 0.15) is 6.10 Å². The van der Waals surface area contributed by atoms with Gasteiger partial charge in [0.25, 0.3) is 5.69 Å². The molecule has 5 rings (SSSR count). The lowest BCUT2D eigenvalue weighted by molar-refractivity contribution is -0.384. The van der Waals surface area contributed by atoms with E-state index in [1.54, 1.807) is 30.3 Å². The normalized spacial score (nSPS) is 16.1. The van der Waals surface area contributed by atoms with Crippen molar-refractivity contribution in [3.63, 3.8) is 0 Å². The van der Waals surface area contributed by atoms with Crippen molar-refractivity contribution in [2.75, 3.05) is 19.6 Å². The smallest absolute Gasteiger partial charge is 0.422 e. The molecule has 10 nitrogen and oxygen atoms in total. The third-order valence-electron chi connectivity index (χ3n) is 7.85. The van der Waals surface area contributed by atoms with E-state index in [1.807, 2.05) is 0 Å². The lowest BCUT2D eigenvalue weighted by Gasteiger charge is -2.39. The quantitative estimate of drug-likeness (QED) is 0.163. The molecule has 232 valence electrons. The molecule has 1 unspecified atom stereocenters. The second kappa shape index (κ2) is 12.2. The summed E-state index contributed by atoms with van der Waals surface area (Å²) in [7, 11) is 0. The monoisotopic (exact) mass is 613 g/mol. The van der Waals surface area contributed by atoms with E-state index in [0.717, 1.165) is 11.6 Å². The van der Waals surface area contributed by atoms with Gasteiger partial charge in [-0.05, 0) is 42.2 Å². The van der Waals surface area contributed by atoms with Gasteiger partial charge in [0.05, 0.1) is 16.9 Å². The summed E-state index contributed by atoms with van der Waals surface area (Å²) in [5.74, 6) is -1.14. The molecule has 1 aliphatic rings. The molecule has 1 atom stereocenters. The summed E-state index contributed by atoms with van der Waals surface area (Å²) in [6.45, 7) is -0.302. The van der Waals surface area contributed by atoms with Gasteiger partial charge in [0.15, 0.2) is 11.5 Å². The first-order valence-electron chi connectivity index (χ1n) is 13.9. The van der Waals surface area contributed by atoms with E-state index in [-0.39, 0.29) is 54.1 Å². The molecule has 1 saturated heterocycles. The number of phenols is 1. The molecule has 0 aliphatic carbocycles. The number of alkyl halides is 3. The number of ether oxygens (including phenoxy) is 1. The van der Waals surface area contributed by atoms with E-state index in [2.05, 4.69) is 0 Å². The zero-order valence-corrected chi connectivity index (χ0v) is 23.4. The number of aliphatic carboxylic acids is 1. The fourth-order valence-corrected chi connectivity index (χ4v) is 5.60.